The third kappa shape index (κ3) is 4.40. The first kappa shape index (κ1) is 14.2. The van der Waals surface area contributed by atoms with Crippen LogP contribution in [0.5, 0.6) is 5.75 Å². The van der Waals surface area contributed by atoms with E-state index in [1.807, 2.05) is 24.3 Å². The molecule has 0 radical (unpaired) electrons. The Kier molecular flexibility index (Phi) is 5.48. The van der Waals surface area contributed by atoms with Crippen molar-refractivity contribution in [2.45, 2.75) is 19.3 Å². The van der Waals surface area contributed by atoms with Crippen LogP contribution in [0.4, 0.5) is 5.69 Å². The molecule has 1 saturated heterocycles. The zero-order valence-corrected chi connectivity index (χ0v) is 11.4. The van der Waals surface area contributed by atoms with E-state index < -0.39 is 0 Å². The first-order valence-corrected chi connectivity index (χ1v) is 7.10. The summed E-state index contributed by atoms with van der Waals surface area (Å²) in [6, 6.07) is 7.60. The van der Waals surface area contributed by atoms with Gasteiger partial charge in [0, 0.05) is 19.7 Å². The third-order valence-electron chi connectivity index (χ3n) is 3.72. The largest absolute Gasteiger partial charge is 0.490 e. The number of likely N-dealkylation sites (tertiary alicyclic amines) is 1. The minimum Gasteiger partial charge on any atom is -0.490 e. The van der Waals surface area contributed by atoms with Crippen LogP contribution < -0.4 is 10.5 Å². The molecule has 0 aromatic heterocycles. The van der Waals surface area contributed by atoms with Crippen LogP contribution in [-0.2, 0) is 0 Å². The normalized spacial score (nSPS) is 20.4. The Hall–Kier alpha value is -1.26. The third-order valence-corrected chi connectivity index (χ3v) is 3.72. The molecule has 1 aliphatic rings. The minimum atomic E-state index is 0.301. The molecule has 3 N–H and O–H groups in total. The van der Waals surface area contributed by atoms with Gasteiger partial charge in [-0.3, -0.25) is 4.90 Å². The second-order valence-corrected chi connectivity index (χ2v) is 5.21. The fraction of sp³-hybridized carbons (Fsp3) is 0.600. The summed E-state index contributed by atoms with van der Waals surface area (Å²) in [5.41, 5.74) is 6.53. The quantitative estimate of drug-likeness (QED) is 0.768. The van der Waals surface area contributed by atoms with Gasteiger partial charge in [0.25, 0.3) is 0 Å². The molecule has 4 nitrogen and oxygen atoms in total. The Balaban J connectivity index is 1.72. The molecule has 106 valence electrons. The van der Waals surface area contributed by atoms with Gasteiger partial charge in [0.05, 0.1) is 5.69 Å². The number of nitrogens with two attached hydrogens (primary N) is 1. The predicted octanol–water partition coefficient (Wildman–Crippen LogP) is 1.74. The summed E-state index contributed by atoms with van der Waals surface area (Å²) in [6.07, 6.45) is 3.38. The van der Waals surface area contributed by atoms with Crippen LogP contribution in [0, 0.1) is 5.92 Å². The highest BCUT2D eigenvalue weighted by molar-refractivity contribution is 5.51. The topological polar surface area (TPSA) is 58.7 Å². The van der Waals surface area contributed by atoms with Gasteiger partial charge in [-0.1, -0.05) is 12.1 Å². The van der Waals surface area contributed by atoms with Crippen molar-refractivity contribution in [1.82, 2.24) is 4.90 Å². The molecular weight excluding hydrogens is 240 g/mol. The lowest BCUT2D eigenvalue weighted by atomic mass is 9.95. The van der Waals surface area contributed by atoms with Gasteiger partial charge in [-0.15, -0.1) is 0 Å². The van der Waals surface area contributed by atoms with Gasteiger partial charge < -0.3 is 15.6 Å². The summed E-state index contributed by atoms with van der Waals surface area (Å²) in [5, 5.41) is 9.00. The van der Waals surface area contributed by atoms with Crippen molar-refractivity contribution >= 4 is 5.69 Å². The van der Waals surface area contributed by atoms with Gasteiger partial charge in [0.1, 0.15) is 12.4 Å². The molecule has 0 saturated carbocycles. The van der Waals surface area contributed by atoms with Crippen LogP contribution in [0.1, 0.15) is 19.3 Å². The molecular formula is C15H24N2O2. The Labute approximate surface area is 115 Å². The van der Waals surface area contributed by atoms with Crippen molar-refractivity contribution in [2.24, 2.45) is 5.92 Å². The highest BCUT2D eigenvalue weighted by Crippen LogP contribution is 2.21. The average molecular weight is 264 g/mol. The Morgan fingerprint density at radius 2 is 2.21 bits per heavy atom. The van der Waals surface area contributed by atoms with E-state index >= 15 is 0 Å². The van der Waals surface area contributed by atoms with Crippen LogP contribution in [0.3, 0.4) is 0 Å². The number of nitrogen functional groups attached to an aromatic ring is 1. The first-order valence-electron chi connectivity index (χ1n) is 7.10. The molecule has 4 heteroatoms. The van der Waals surface area contributed by atoms with E-state index in [9.17, 15) is 0 Å². The first-order chi connectivity index (χ1) is 9.29. The lowest BCUT2D eigenvalue weighted by Crippen LogP contribution is -2.38. The van der Waals surface area contributed by atoms with E-state index in [4.69, 9.17) is 15.6 Å². The molecule has 1 atom stereocenters. The fourth-order valence-corrected chi connectivity index (χ4v) is 2.67. The van der Waals surface area contributed by atoms with Crippen LogP contribution in [0.25, 0.3) is 0 Å². The number of ether oxygens (including phenoxy) is 1. The molecule has 0 amide bonds. The zero-order valence-electron chi connectivity index (χ0n) is 11.4. The summed E-state index contributed by atoms with van der Waals surface area (Å²) in [4.78, 5) is 2.42. The number of hydrogen-bond acceptors (Lipinski definition) is 4. The number of nitrogens with zero attached hydrogens (tertiary/aromatic N) is 1. The predicted molar refractivity (Wildman–Crippen MR) is 77.2 cm³/mol. The van der Waals surface area contributed by atoms with Gasteiger partial charge in [-0.25, -0.2) is 0 Å². The molecule has 1 aromatic rings. The SMILES string of the molecule is Nc1ccccc1OCCN1CCCC(CCO)C1. The van der Waals surface area contributed by atoms with Crippen LogP contribution in [-0.4, -0.2) is 42.9 Å². The van der Waals surface area contributed by atoms with E-state index in [2.05, 4.69) is 4.90 Å². The standard InChI is InChI=1S/C15H24N2O2/c16-14-5-1-2-6-15(14)19-11-9-17-8-3-4-13(12-17)7-10-18/h1-2,5-6,13,18H,3-4,7-12,16H2. The fourth-order valence-electron chi connectivity index (χ4n) is 2.67. The van der Waals surface area contributed by atoms with E-state index in [0.29, 0.717) is 24.8 Å². The highest BCUT2D eigenvalue weighted by Gasteiger charge is 2.19. The number of anilines is 1. The number of aliphatic hydroxyl groups excluding tert-OH is 1. The lowest BCUT2D eigenvalue weighted by molar-refractivity contribution is 0.129. The number of aliphatic hydroxyl groups is 1. The van der Waals surface area contributed by atoms with Crippen molar-refractivity contribution in [3.05, 3.63) is 24.3 Å². The lowest BCUT2D eigenvalue weighted by Gasteiger charge is -2.32. The van der Waals surface area contributed by atoms with Crippen molar-refractivity contribution in [3.8, 4) is 5.75 Å². The van der Waals surface area contributed by atoms with Crippen molar-refractivity contribution in [2.75, 3.05) is 38.6 Å². The Morgan fingerprint density at radius 3 is 3.00 bits per heavy atom. The second kappa shape index (κ2) is 7.36. The second-order valence-electron chi connectivity index (χ2n) is 5.21. The molecule has 19 heavy (non-hydrogen) atoms. The summed E-state index contributed by atoms with van der Waals surface area (Å²) in [6.45, 7) is 4.11. The van der Waals surface area contributed by atoms with Crippen molar-refractivity contribution in [1.29, 1.82) is 0 Å². The number of rotatable bonds is 6. The molecule has 1 aliphatic heterocycles. The van der Waals surface area contributed by atoms with Crippen LogP contribution in [0.15, 0.2) is 24.3 Å². The molecule has 1 unspecified atom stereocenters. The molecule has 1 fully saturated rings. The van der Waals surface area contributed by atoms with E-state index in [1.54, 1.807) is 0 Å². The maximum Gasteiger partial charge on any atom is 0.142 e. The number of benzene rings is 1. The molecule has 1 aromatic carbocycles. The number of para-hydroxylation sites is 2. The highest BCUT2D eigenvalue weighted by atomic mass is 16.5. The number of piperidine rings is 1. The zero-order chi connectivity index (χ0) is 13.5. The van der Waals surface area contributed by atoms with Crippen LogP contribution in [0.2, 0.25) is 0 Å². The Morgan fingerprint density at radius 1 is 1.37 bits per heavy atom. The van der Waals surface area contributed by atoms with Crippen molar-refractivity contribution in [3.63, 3.8) is 0 Å². The maximum atomic E-state index is 9.00. The van der Waals surface area contributed by atoms with Gasteiger partial charge in [0.2, 0.25) is 0 Å². The molecule has 0 bridgehead atoms. The van der Waals surface area contributed by atoms with Gasteiger partial charge in [-0.05, 0) is 43.9 Å². The monoisotopic (exact) mass is 264 g/mol. The number of hydrogen-bond donors (Lipinski definition) is 2. The Bertz CT molecular complexity index is 382. The smallest absolute Gasteiger partial charge is 0.142 e. The van der Waals surface area contributed by atoms with Crippen molar-refractivity contribution < 1.29 is 9.84 Å². The summed E-state index contributed by atoms with van der Waals surface area (Å²) in [5.74, 6) is 1.41. The summed E-state index contributed by atoms with van der Waals surface area (Å²) in [7, 11) is 0. The van der Waals surface area contributed by atoms with Gasteiger partial charge in [-0.2, -0.15) is 0 Å². The maximum absolute atomic E-state index is 9.00. The molecule has 0 aliphatic carbocycles. The summed E-state index contributed by atoms with van der Waals surface area (Å²) >= 11 is 0. The van der Waals surface area contributed by atoms with E-state index in [-0.39, 0.29) is 0 Å². The van der Waals surface area contributed by atoms with Crippen LogP contribution >= 0.6 is 0 Å². The van der Waals surface area contributed by atoms with Gasteiger partial charge >= 0.3 is 0 Å². The minimum absolute atomic E-state index is 0.301. The van der Waals surface area contributed by atoms with Gasteiger partial charge in [0.15, 0.2) is 0 Å². The van der Waals surface area contributed by atoms with E-state index in [0.717, 1.165) is 31.8 Å². The average Bonchev–Trinajstić information content (AvgIpc) is 2.42. The summed E-state index contributed by atoms with van der Waals surface area (Å²) < 4.78 is 5.72. The molecule has 0 spiro atoms. The van der Waals surface area contributed by atoms with E-state index in [1.165, 1.54) is 12.8 Å². The molecule has 2 rings (SSSR count). The molecule has 1 heterocycles.